The number of carbonyl (C=O) groups is 1. The van der Waals surface area contributed by atoms with Crippen LogP contribution in [0.4, 0.5) is 5.69 Å². The standard InChI is InChI=1S/C19H24N4O2/c1-18(2)16-15(7-4-10-25-16)19(18,20)17(24)22-13-5-3-6-14(11-13)23-9-8-21-12-23/h3,5-6,8-9,11-12,15-16H,4,7,10,20H2,1-2H3,(H,22,24). The maximum Gasteiger partial charge on any atom is 0.245 e. The van der Waals surface area contributed by atoms with E-state index in [1.807, 2.05) is 48.9 Å². The Morgan fingerprint density at radius 2 is 2.28 bits per heavy atom. The smallest absolute Gasteiger partial charge is 0.245 e. The lowest BCUT2D eigenvalue weighted by atomic mass is 9.46. The summed E-state index contributed by atoms with van der Waals surface area (Å²) < 4.78 is 7.78. The predicted molar refractivity (Wildman–Crippen MR) is 95.4 cm³/mol. The molecule has 2 aliphatic rings. The Balaban J connectivity index is 1.57. The van der Waals surface area contributed by atoms with E-state index in [-0.39, 0.29) is 23.3 Å². The Kier molecular flexibility index (Phi) is 3.70. The van der Waals surface area contributed by atoms with Crippen molar-refractivity contribution < 1.29 is 9.53 Å². The molecule has 1 amide bonds. The van der Waals surface area contributed by atoms with Gasteiger partial charge in [0.25, 0.3) is 0 Å². The fourth-order valence-corrected chi connectivity index (χ4v) is 4.43. The van der Waals surface area contributed by atoms with Crippen molar-refractivity contribution in [2.75, 3.05) is 11.9 Å². The first-order chi connectivity index (χ1) is 11.9. The van der Waals surface area contributed by atoms with Gasteiger partial charge >= 0.3 is 0 Å². The lowest BCUT2D eigenvalue weighted by Gasteiger charge is -2.65. The number of ether oxygens (including phenoxy) is 1. The van der Waals surface area contributed by atoms with Crippen LogP contribution in [0.15, 0.2) is 43.0 Å². The molecule has 25 heavy (non-hydrogen) atoms. The summed E-state index contributed by atoms with van der Waals surface area (Å²) in [4.78, 5) is 17.1. The largest absolute Gasteiger partial charge is 0.377 e. The Bertz CT molecular complexity index is 786. The summed E-state index contributed by atoms with van der Waals surface area (Å²) in [5, 5.41) is 3.02. The third kappa shape index (κ3) is 2.32. The number of benzene rings is 1. The van der Waals surface area contributed by atoms with Gasteiger partial charge in [-0.15, -0.1) is 0 Å². The van der Waals surface area contributed by atoms with Crippen molar-refractivity contribution in [2.45, 2.75) is 38.3 Å². The third-order valence-corrected chi connectivity index (χ3v) is 5.97. The first-order valence-corrected chi connectivity index (χ1v) is 8.75. The molecule has 2 fully saturated rings. The predicted octanol–water partition coefficient (Wildman–Crippen LogP) is 2.34. The second-order valence-corrected chi connectivity index (χ2v) is 7.61. The molecule has 0 bridgehead atoms. The zero-order valence-corrected chi connectivity index (χ0v) is 14.6. The molecular weight excluding hydrogens is 316 g/mol. The molecule has 1 aliphatic heterocycles. The topological polar surface area (TPSA) is 82.2 Å². The van der Waals surface area contributed by atoms with Crippen LogP contribution in [-0.2, 0) is 9.53 Å². The lowest BCUT2D eigenvalue weighted by molar-refractivity contribution is -0.222. The fraction of sp³-hybridized carbons (Fsp3) is 0.474. The number of nitrogens with two attached hydrogens (primary N) is 1. The van der Waals surface area contributed by atoms with E-state index in [0.717, 1.165) is 30.8 Å². The van der Waals surface area contributed by atoms with Crippen LogP contribution in [0.5, 0.6) is 0 Å². The maximum absolute atomic E-state index is 13.1. The molecular formula is C19H24N4O2. The average molecular weight is 340 g/mol. The molecule has 6 nitrogen and oxygen atoms in total. The fourth-order valence-electron chi connectivity index (χ4n) is 4.43. The highest BCUT2D eigenvalue weighted by molar-refractivity contribution is 6.00. The zero-order chi connectivity index (χ0) is 17.7. The van der Waals surface area contributed by atoms with Crippen LogP contribution in [0.3, 0.4) is 0 Å². The van der Waals surface area contributed by atoms with E-state index in [9.17, 15) is 4.79 Å². The van der Waals surface area contributed by atoms with Crippen molar-refractivity contribution in [2.24, 2.45) is 17.1 Å². The molecule has 6 heteroatoms. The van der Waals surface area contributed by atoms with E-state index >= 15 is 0 Å². The molecule has 3 atom stereocenters. The van der Waals surface area contributed by atoms with Crippen molar-refractivity contribution in [1.82, 2.24) is 9.55 Å². The van der Waals surface area contributed by atoms with Crippen LogP contribution in [0, 0.1) is 11.3 Å². The Labute approximate surface area is 147 Å². The summed E-state index contributed by atoms with van der Waals surface area (Å²) in [7, 11) is 0. The SMILES string of the molecule is CC1(C)C2OCCCC2C1(N)C(=O)Nc1cccc(-n2ccnc2)c1. The van der Waals surface area contributed by atoms with Gasteiger partial charge in [-0.1, -0.05) is 19.9 Å². The van der Waals surface area contributed by atoms with Crippen molar-refractivity contribution >= 4 is 11.6 Å². The molecule has 3 N–H and O–H groups in total. The lowest BCUT2D eigenvalue weighted by Crippen LogP contribution is -2.81. The molecule has 1 saturated heterocycles. The molecule has 1 aliphatic carbocycles. The second kappa shape index (κ2) is 5.68. The minimum atomic E-state index is -0.914. The summed E-state index contributed by atoms with van der Waals surface area (Å²) >= 11 is 0. The van der Waals surface area contributed by atoms with Gasteiger partial charge in [0.15, 0.2) is 0 Å². The molecule has 2 aromatic rings. The molecule has 2 heterocycles. The summed E-state index contributed by atoms with van der Waals surface area (Å²) in [6.07, 6.45) is 7.27. The number of nitrogens with zero attached hydrogens (tertiary/aromatic N) is 2. The van der Waals surface area contributed by atoms with E-state index in [1.54, 1.807) is 12.5 Å². The van der Waals surface area contributed by atoms with Crippen LogP contribution in [-0.4, -0.2) is 33.7 Å². The number of hydrogen-bond donors (Lipinski definition) is 2. The number of aromatic nitrogens is 2. The molecule has 4 rings (SSSR count). The summed E-state index contributed by atoms with van der Waals surface area (Å²) in [5.41, 5.74) is 7.03. The summed E-state index contributed by atoms with van der Waals surface area (Å²) in [6, 6.07) is 7.67. The minimum absolute atomic E-state index is 0.0642. The van der Waals surface area contributed by atoms with Crippen LogP contribution < -0.4 is 11.1 Å². The Hall–Kier alpha value is -2.18. The van der Waals surface area contributed by atoms with Crippen LogP contribution >= 0.6 is 0 Å². The molecule has 1 aromatic heterocycles. The van der Waals surface area contributed by atoms with E-state index in [2.05, 4.69) is 10.3 Å². The quantitative estimate of drug-likeness (QED) is 0.898. The average Bonchev–Trinajstić information content (AvgIpc) is 3.16. The number of imidazole rings is 1. The summed E-state index contributed by atoms with van der Waals surface area (Å²) in [6.45, 7) is 4.82. The van der Waals surface area contributed by atoms with E-state index in [4.69, 9.17) is 10.5 Å². The number of fused-ring (bicyclic) bond motifs is 1. The molecule has 0 radical (unpaired) electrons. The Morgan fingerprint density at radius 1 is 1.44 bits per heavy atom. The van der Waals surface area contributed by atoms with E-state index in [0.29, 0.717) is 0 Å². The highest BCUT2D eigenvalue weighted by Crippen LogP contribution is 2.57. The normalized spacial score (nSPS) is 30.2. The molecule has 1 saturated carbocycles. The van der Waals surface area contributed by atoms with Gasteiger partial charge in [0.1, 0.15) is 5.54 Å². The number of rotatable bonds is 3. The summed E-state index contributed by atoms with van der Waals surface area (Å²) in [5.74, 6) is -0.0555. The number of amides is 1. The van der Waals surface area contributed by atoms with Crippen LogP contribution in [0.1, 0.15) is 26.7 Å². The van der Waals surface area contributed by atoms with Gasteiger partial charge in [0, 0.05) is 41.7 Å². The highest BCUT2D eigenvalue weighted by atomic mass is 16.5. The second-order valence-electron chi connectivity index (χ2n) is 7.61. The molecule has 1 aromatic carbocycles. The van der Waals surface area contributed by atoms with Gasteiger partial charge in [-0.3, -0.25) is 4.79 Å². The van der Waals surface area contributed by atoms with Gasteiger partial charge < -0.3 is 20.4 Å². The Morgan fingerprint density at radius 3 is 3.04 bits per heavy atom. The van der Waals surface area contributed by atoms with Gasteiger partial charge in [0.05, 0.1) is 12.4 Å². The van der Waals surface area contributed by atoms with Crippen molar-refractivity contribution in [3.63, 3.8) is 0 Å². The van der Waals surface area contributed by atoms with Gasteiger partial charge in [-0.25, -0.2) is 4.98 Å². The monoisotopic (exact) mass is 340 g/mol. The zero-order valence-electron chi connectivity index (χ0n) is 14.6. The number of carbonyl (C=O) groups excluding carboxylic acids is 1. The van der Waals surface area contributed by atoms with Crippen molar-refractivity contribution in [3.05, 3.63) is 43.0 Å². The van der Waals surface area contributed by atoms with Crippen LogP contribution in [0.25, 0.3) is 5.69 Å². The van der Waals surface area contributed by atoms with Crippen LogP contribution in [0.2, 0.25) is 0 Å². The van der Waals surface area contributed by atoms with Gasteiger partial charge in [-0.05, 0) is 31.0 Å². The van der Waals surface area contributed by atoms with E-state index in [1.165, 1.54) is 0 Å². The van der Waals surface area contributed by atoms with E-state index < -0.39 is 5.54 Å². The molecule has 132 valence electrons. The first kappa shape index (κ1) is 16.3. The van der Waals surface area contributed by atoms with Gasteiger partial charge in [-0.2, -0.15) is 0 Å². The number of hydrogen-bond acceptors (Lipinski definition) is 4. The first-order valence-electron chi connectivity index (χ1n) is 8.75. The maximum atomic E-state index is 13.1. The highest BCUT2D eigenvalue weighted by Gasteiger charge is 2.70. The van der Waals surface area contributed by atoms with Gasteiger partial charge in [0.2, 0.25) is 5.91 Å². The minimum Gasteiger partial charge on any atom is -0.377 e. The third-order valence-electron chi connectivity index (χ3n) is 5.97. The number of nitrogens with one attached hydrogen (secondary N) is 1. The number of anilines is 1. The van der Waals surface area contributed by atoms with Crippen molar-refractivity contribution in [3.8, 4) is 5.69 Å². The molecule has 0 spiro atoms. The molecule has 3 unspecified atom stereocenters. The van der Waals surface area contributed by atoms with Crippen molar-refractivity contribution in [1.29, 1.82) is 0 Å².